The summed E-state index contributed by atoms with van der Waals surface area (Å²) in [6.07, 6.45) is 35.0. The molecule has 1 aromatic rings. The second-order valence-electron chi connectivity index (χ2n) is 24.2. The minimum Gasteiger partial charge on any atom is -0.314 e. The van der Waals surface area contributed by atoms with Gasteiger partial charge in [-0.25, -0.2) is 0 Å². The molecule has 0 aliphatic heterocycles. The van der Waals surface area contributed by atoms with Crippen molar-refractivity contribution in [2.24, 2.45) is 17.8 Å². The van der Waals surface area contributed by atoms with Crippen molar-refractivity contribution in [2.45, 2.75) is 271 Å². The van der Waals surface area contributed by atoms with Gasteiger partial charge in [-0.15, -0.1) is 0 Å². The molecular weight excluding hydrogens is 703 g/mol. The summed E-state index contributed by atoms with van der Waals surface area (Å²) in [5, 5.41) is 0. The number of unbranched alkanes of at least 4 members (excludes halogenated alkanes) is 14. The molecule has 4 aliphatic rings. The van der Waals surface area contributed by atoms with Crippen LogP contribution in [0.4, 0.5) is 0 Å². The van der Waals surface area contributed by atoms with Gasteiger partial charge >= 0.3 is 0 Å². The number of hydrogen-bond donors (Lipinski definition) is 0. The minimum absolute atomic E-state index is 0.146. The van der Waals surface area contributed by atoms with Crippen LogP contribution >= 0.6 is 0 Å². The maximum Gasteiger partial charge on any atom is 0.127 e. The lowest BCUT2D eigenvalue weighted by atomic mass is 9.61. The van der Waals surface area contributed by atoms with E-state index >= 15 is 0 Å². The van der Waals surface area contributed by atoms with Crippen molar-refractivity contribution < 1.29 is 0 Å². The molecule has 1 saturated carbocycles. The first-order valence-corrected chi connectivity index (χ1v) is 28.1. The Kier molecular flexibility index (Phi) is 15.2. The van der Waals surface area contributed by atoms with Crippen molar-refractivity contribution in [3.63, 3.8) is 0 Å². The third-order valence-corrected chi connectivity index (χ3v) is 21.2. The lowest BCUT2D eigenvalue weighted by molar-refractivity contribution is 0.121. The Morgan fingerprint density at radius 2 is 1.05 bits per heavy atom. The quantitative estimate of drug-likeness (QED) is 0.0938. The normalized spacial score (nSPS) is 24.8. The van der Waals surface area contributed by atoms with Crippen molar-refractivity contribution in [3.8, 4) is 0 Å². The molecule has 0 N–H and O–H groups in total. The van der Waals surface area contributed by atoms with E-state index in [2.05, 4.69) is 132 Å². The van der Waals surface area contributed by atoms with E-state index in [4.69, 9.17) is 0 Å². The molecule has 0 radical (unpaired) electrons. The molecule has 4 aliphatic carbocycles. The molecule has 0 heterocycles. The van der Waals surface area contributed by atoms with Crippen LogP contribution < -0.4 is 0 Å². The summed E-state index contributed by atoms with van der Waals surface area (Å²) in [7, 11) is -1.90. The second-order valence-corrected chi connectivity index (χ2v) is 28.6. The van der Waals surface area contributed by atoms with Gasteiger partial charge in [0.05, 0.1) is 0 Å². The van der Waals surface area contributed by atoms with Crippen LogP contribution in [0.3, 0.4) is 0 Å². The molecule has 4 atom stereocenters. The molecule has 57 heavy (non-hydrogen) atoms. The average molecular weight is 798 g/mol. The van der Waals surface area contributed by atoms with Crippen molar-refractivity contribution in [2.75, 3.05) is 0 Å². The predicted molar refractivity (Wildman–Crippen MR) is 257 cm³/mol. The van der Waals surface area contributed by atoms with Gasteiger partial charge in [-0.05, 0) is 141 Å². The molecule has 1 nitrogen and oxygen atoms in total. The van der Waals surface area contributed by atoms with Crippen molar-refractivity contribution >= 4 is 13.8 Å². The Bertz CT molecular complexity index is 1500. The Morgan fingerprint density at radius 3 is 1.51 bits per heavy atom. The van der Waals surface area contributed by atoms with E-state index in [1.54, 1.807) is 33.4 Å². The van der Waals surface area contributed by atoms with Crippen LogP contribution in [0.1, 0.15) is 247 Å². The molecule has 0 saturated heterocycles. The summed E-state index contributed by atoms with van der Waals surface area (Å²) in [4.78, 5) is 0. The Hall–Kier alpha value is -1.12. The van der Waals surface area contributed by atoms with Crippen molar-refractivity contribution in [1.82, 2.24) is 4.57 Å². The second kappa shape index (κ2) is 18.5. The van der Waals surface area contributed by atoms with Gasteiger partial charge in [0, 0.05) is 16.5 Å². The third kappa shape index (κ3) is 10.00. The highest BCUT2D eigenvalue weighted by Gasteiger charge is 2.57. The monoisotopic (exact) mass is 798 g/mol. The zero-order valence-corrected chi connectivity index (χ0v) is 41.9. The first kappa shape index (κ1) is 46.9. The maximum absolute atomic E-state index is 3.03. The fourth-order valence-corrected chi connectivity index (χ4v) is 20.8. The number of hydrogen-bond acceptors (Lipinski definition) is 1. The molecular formula is C55H95NSi. The molecule has 4 unspecified atom stereocenters. The van der Waals surface area contributed by atoms with E-state index < -0.39 is 8.24 Å². The van der Waals surface area contributed by atoms with Crippen molar-refractivity contribution in [3.05, 3.63) is 52.1 Å². The SMILES string of the molecule is CCCCCCCCCCC1(CCCCCCCCCC)C2=CC3CC(C)C([Si](C)(C)N(C(C)(C)C)C(C)(C)C)C3C=C2c2cc3c(cc21)C(C)(C)CCC3(C)C. The smallest absolute Gasteiger partial charge is 0.127 e. The Balaban J connectivity index is 1.60. The number of benzene rings is 1. The summed E-state index contributed by atoms with van der Waals surface area (Å²) >= 11 is 0. The van der Waals surface area contributed by atoms with Crippen molar-refractivity contribution in [1.29, 1.82) is 0 Å². The Labute approximate surface area is 357 Å². The van der Waals surface area contributed by atoms with E-state index in [-0.39, 0.29) is 27.3 Å². The fraction of sp³-hybridized carbons (Fsp3) is 0.818. The molecule has 2 heteroatoms. The van der Waals surface area contributed by atoms with Gasteiger partial charge in [0.2, 0.25) is 0 Å². The lowest BCUT2D eigenvalue weighted by Gasteiger charge is -2.57. The van der Waals surface area contributed by atoms with E-state index in [0.717, 1.165) is 11.5 Å². The van der Waals surface area contributed by atoms with Crippen LogP contribution in [0.15, 0.2) is 29.9 Å². The topological polar surface area (TPSA) is 3.24 Å². The summed E-state index contributed by atoms with van der Waals surface area (Å²) in [6.45, 7) is 38.0. The number of allylic oxidation sites excluding steroid dienone is 4. The third-order valence-electron chi connectivity index (χ3n) is 16.2. The van der Waals surface area contributed by atoms with Crippen LogP contribution in [0.5, 0.6) is 0 Å². The summed E-state index contributed by atoms with van der Waals surface area (Å²) in [5.41, 5.74) is 11.9. The van der Waals surface area contributed by atoms with Crippen LogP contribution in [-0.4, -0.2) is 23.9 Å². The molecule has 324 valence electrons. The predicted octanol–water partition coefficient (Wildman–Crippen LogP) is 17.4. The van der Waals surface area contributed by atoms with Gasteiger partial charge in [0.15, 0.2) is 0 Å². The van der Waals surface area contributed by atoms with Crippen LogP contribution in [0.2, 0.25) is 18.6 Å². The molecule has 1 aromatic carbocycles. The first-order chi connectivity index (χ1) is 26.6. The molecule has 0 amide bonds. The summed E-state index contributed by atoms with van der Waals surface area (Å²) in [6, 6.07) is 5.66. The molecule has 1 fully saturated rings. The van der Waals surface area contributed by atoms with Gasteiger partial charge in [-0.3, -0.25) is 0 Å². The molecule has 0 aromatic heterocycles. The van der Waals surface area contributed by atoms with E-state index in [1.807, 2.05) is 0 Å². The van der Waals surface area contributed by atoms with Crippen LogP contribution in [0.25, 0.3) is 5.57 Å². The Morgan fingerprint density at radius 1 is 0.614 bits per heavy atom. The van der Waals surface area contributed by atoms with Crippen LogP contribution in [-0.2, 0) is 16.2 Å². The fourth-order valence-electron chi connectivity index (χ4n) is 14.2. The van der Waals surface area contributed by atoms with Gasteiger partial charge in [-0.2, -0.15) is 0 Å². The van der Waals surface area contributed by atoms with Gasteiger partial charge < -0.3 is 4.57 Å². The van der Waals surface area contributed by atoms with Gasteiger partial charge in [-0.1, -0.05) is 189 Å². The van der Waals surface area contributed by atoms with Crippen LogP contribution in [0, 0.1) is 17.8 Å². The van der Waals surface area contributed by atoms with Gasteiger partial charge in [0.1, 0.15) is 8.24 Å². The summed E-state index contributed by atoms with van der Waals surface area (Å²) in [5.74, 6) is 2.06. The largest absolute Gasteiger partial charge is 0.314 e. The van der Waals surface area contributed by atoms with Gasteiger partial charge in [0.25, 0.3) is 0 Å². The van der Waals surface area contributed by atoms with E-state index in [9.17, 15) is 0 Å². The standard InChI is InChI=1S/C55H95NSi/c1-16-18-20-22-24-26-28-30-32-55(33-31-29-27-25-23-21-19-17-2)46-37-42-36-41(3)50(57(14,15)56(51(4,5)6)52(7,8)9)43(42)38-44(46)45-39-48-49(40-47(45)55)54(12,13)35-34-53(48,10)11/h37-43,50H,16-36H2,1-15H3. The highest BCUT2D eigenvalue weighted by molar-refractivity contribution is 6.76. The van der Waals surface area contributed by atoms with E-state index in [1.165, 1.54) is 135 Å². The number of rotatable bonds is 20. The zero-order valence-electron chi connectivity index (χ0n) is 40.9. The zero-order chi connectivity index (χ0) is 42.0. The number of nitrogens with zero attached hydrogens (tertiary/aromatic N) is 1. The molecule has 0 spiro atoms. The summed E-state index contributed by atoms with van der Waals surface area (Å²) < 4.78 is 3.03. The molecule has 0 bridgehead atoms. The van der Waals surface area contributed by atoms with E-state index in [0.29, 0.717) is 11.8 Å². The highest BCUT2D eigenvalue weighted by atomic mass is 28.3. The highest BCUT2D eigenvalue weighted by Crippen LogP contribution is 2.64. The lowest BCUT2D eigenvalue weighted by Crippen LogP contribution is -2.67. The first-order valence-electron chi connectivity index (χ1n) is 25.1. The number of fused-ring (bicyclic) bond motifs is 5. The average Bonchev–Trinajstić information content (AvgIpc) is 3.57. The maximum atomic E-state index is 3.03. The minimum atomic E-state index is -1.90. The molecule has 5 rings (SSSR count).